The number of aryl methyl sites for hydroxylation is 2. The van der Waals surface area contributed by atoms with E-state index in [-0.39, 0.29) is 0 Å². The van der Waals surface area contributed by atoms with Crippen molar-refractivity contribution in [3.63, 3.8) is 0 Å². The Bertz CT molecular complexity index is 597. The molecule has 0 atom stereocenters. The van der Waals surface area contributed by atoms with Crippen LogP contribution in [0.2, 0.25) is 0 Å². The summed E-state index contributed by atoms with van der Waals surface area (Å²) in [6.07, 6.45) is 0. The summed E-state index contributed by atoms with van der Waals surface area (Å²) >= 11 is 0. The SMILES string of the molecule is CNCc1c(C(C)C)n(C)c2c(OC)ccc(C)c12. The average Bonchev–Trinajstić information content (AvgIpc) is 2.65. The largest absolute Gasteiger partial charge is 0.495 e. The molecule has 1 aromatic heterocycles. The van der Waals surface area contributed by atoms with E-state index in [1.54, 1.807) is 7.11 Å². The van der Waals surface area contributed by atoms with Gasteiger partial charge in [0.25, 0.3) is 0 Å². The van der Waals surface area contributed by atoms with E-state index in [0.29, 0.717) is 5.92 Å². The Balaban J connectivity index is 2.91. The van der Waals surface area contributed by atoms with Gasteiger partial charge in [0.15, 0.2) is 0 Å². The summed E-state index contributed by atoms with van der Waals surface area (Å²) in [5.74, 6) is 1.44. The van der Waals surface area contributed by atoms with Gasteiger partial charge in [-0.3, -0.25) is 0 Å². The van der Waals surface area contributed by atoms with Crippen molar-refractivity contribution in [3.8, 4) is 5.75 Å². The molecule has 0 radical (unpaired) electrons. The standard InChI is InChI=1S/C16H24N2O/c1-10(2)15-12(9-17-4)14-11(3)7-8-13(19-6)16(14)18(15)5/h7-8,10,17H,9H2,1-6H3. The van der Waals surface area contributed by atoms with Crippen LogP contribution in [0.15, 0.2) is 12.1 Å². The molecule has 1 heterocycles. The van der Waals surface area contributed by atoms with Crippen molar-refractivity contribution in [1.29, 1.82) is 0 Å². The fourth-order valence-corrected chi connectivity index (χ4v) is 3.09. The highest BCUT2D eigenvalue weighted by atomic mass is 16.5. The Morgan fingerprint density at radius 1 is 1.32 bits per heavy atom. The molecule has 0 bridgehead atoms. The number of methoxy groups -OCH3 is 1. The number of hydrogen-bond donors (Lipinski definition) is 1. The monoisotopic (exact) mass is 260 g/mol. The number of aromatic nitrogens is 1. The molecule has 2 rings (SSSR count). The molecule has 1 aromatic carbocycles. The molecule has 0 saturated carbocycles. The predicted molar refractivity (Wildman–Crippen MR) is 81.1 cm³/mol. The fraction of sp³-hybridized carbons (Fsp3) is 0.500. The predicted octanol–water partition coefficient (Wildman–Crippen LogP) is 3.34. The van der Waals surface area contributed by atoms with Gasteiger partial charge in [0.2, 0.25) is 0 Å². The molecule has 0 fully saturated rings. The van der Waals surface area contributed by atoms with Gasteiger partial charge in [-0.05, 0) is 37.1 Å². The van der Waals surface area contributed by atoms with Gasteiger partial charge in [-0.25, -0.2) is 0 Å². The van der Waals surface area contributed by atoms with Crippen molar-refractivity contribution in [3.05, 3.63) is 29.0 Å². The van der Waals surface area contributed by atoms with Crippen LogP contribution in [0, 0.1) is 6.92 Å². The molecule has 104 valence electrons. The molecule has 0 spiro atoms. The van der Waals surface area contributed by atoms with Gasteiger partial charge in [-0.2, -0.15) is 0 Å². The van der Waals surface area contributed by atoms with Crippen LogP contribution in [0.5, 0.6) is 5.75 Å². The number of nitrogens with zero attached hydrogens (tertiary/aromatic N) is 1. The number of fused-ring (bicyclic) bond motifs is 1. The summed E-state index contributed by atoms with van der Waals surface area (Å²) in [5.41, 5.74) is 5.29. The van der Waals surface area contributed by atoms with Crippen LogP contribution in [0.4, 0.5) is 0 Å². The highest BCUT2D eigenvalue weighted by Gasteiger charge is 2.20. The van der Waals surface area contributed by atoms with Gasteiger partial charge in [0.05, 0.1) is 12.6 Å². The zero-order chi connectivity index (χ0) is 14.2. The van der Waals surface area contributed by atoms with Crippen LogP contribution in [0.1, 0.15) is 36.6 Å². The lowest BCUT2D eigenvalue weighted by Gasteiger charge is -2.11. The summed E-state index contributed by atoms with van der Waals surface area (Å²) in [6.45, 7) is 7.55. The van der Waals surface area contributed by atoms with E-state index < -0.39 is 0 Å². The van der Waals surface area contributed by atoms with Gasteiger partial charge in [-0.15, -0.1) is 0 Å². The molecule has 0 saturated heterocycles. The van der Waals surface area contributed by atoms with Gasteiger partial charge in [0, 0.05) is 24.7 Å². The lowest BCUT2D eigenvalue weighted by Crippen LogP contribution is -2.09. The molecule has 2 aromatic rings. The first-order chi connectivity index (χ1) is 9.02. The molecule has 0 amide bonds. The molecule has 0 aliphatic rings. The molecule has 3 heteroatoms. The Labute approximate surface area is 115 Å². The van der Waals surface area contributed by atoms with E-state index >= 15 is 0 Å². The minimum atomic E-state index is 0.491. The van der Waals surface area contributed by atoms with Crippen molar-refractivity contribution < 1.29 is 4.74 Å². The smallest absolute Gasteiger partial charge is 0.143 e. The van der Waals surface area contributed by atoms with Crippen molar-refractivity contribution >= 4 is 10.9 Å². The summed E-state index contributed by atoms with van der Waals surface area (Å²) in [5, 5.41) is 4.63. The van der Waals surface area contributed by atoms with Crippen LogP contribution >= 0.6 is 0 Å². The van der Waals surface area contributed by atoms with Crippen LogP contribution in [-0.4, -0.2) is 18.7 Å². The van der Waals surface area contributed by atoms with Crippen LogP contribution in [0.25, 0.3) is 10.9 Å². The average molecular weight is 260 g/mol. The first-order valence-corrected chi connectivity index (χ1v) is 6.82. The molecule has 0 unspecified atom stereocenters. The summed E-state index contributed by atoms with van der Waals surface area (Å²) in [6, 6.07) is 4.20. The zero-order valence-electron chi connectivity index (χ0n) is 12.8. The lowest BCUT2D eigenvalue weighted by atomic mass is 10.0. The van der Waals surface area contributed by atoms with E-state index in [0.717, 1.165) is 12.3 Å². The van der Waals surface area contributed by atoms with Crippen LogP contribution < -0.4 is 10.1 Å². The Morgan fingerprint density at radius 3 is 2.53 bits per heavy atom. The number of nitrogens with one attached hydrogen (secondary N) is 1. The number of rotatable bonds is 4. The van der Waals surface area contributed by atoms with E-state index in [1.807, 2.05) is 7.05 Å². The third kappa shape index (κ3) is 2.12. The first kappa shape index (κ1) is 13.9. The number of hydrogen-bond acceptors (Lipinski definition) is 2. The summed E-state index contributed by atoms with van der Waals surface area (Å²) in [7, 11) is 5.88. The summed E-state index contributed by atoms with van der Waals surface area (Å²) < 4.78 is 7.84. The highest BCUT2D eigenvalue weighted by molar-refractivity contribution is 5.93. The quantitative estimate of drug-likeness (QED) is 0.912. The van der Waals surface area contributed by atoms with E-state index in [4.69, 9.17) is 4.74 Å². The van der Waals surface area contributed by atoms with Crippen molar-refractivity contribution in [2.75, 3.05) is 14.2 Å². The van der Waals surface area contributed by atoms with E-state index in [2.05, 4.69) is 49.8 Å². The lowest BCUT2D eigenvalue weighted by molar-refractivity contribution is 0.417. The molecule has 3 nitrogen and oxygen atoms in total. The van der Waals surface area contributed by atoms with Crippen LogP contribution in [0.3, 0.4) is 0 Å². The third-order valence-corrected chi connectivity index (χ3v) is 3.78. The van der Waals surface area contributed by atoms with Gasteiger partial charge in [0.1, 0.15) is 5.75 Å². The minimum Gasteiger partial charge on any atom is -0.495 e. The maximum Gasteiger partial charge on any atom is 0.143 e. The fourth-order valence-electron chi connectivity index (χ4n) is 3.09. The number of ether oxygens (including phenoxy) is 1. The third-order valence-electron chi connectivity index (χ3n) is 3.78. The Morgan fingerprint density at radius 2 is 2.00 bits per heavy atom. The Kier molecular flexibility index (Phi) is 3.85. The molecule has 0 aliphatic heterocycles. The first-order valence-electron chi connectivity index (χ1n) is 6.82. The number of benzene rings is 1. The molecular weight excluding hydrogens is 236 g/mol. The van der Waals surface area contributed by atoms with Crippen molar-refractivity contribution in [2.24, 2.45) is 7.05 Å². The second-order valence-corrected chi connectivity index (χ2v) is 5.42. The summed E-state index contributed by atoms with van der Waals surface area (Å²) in [4.78, 5) is 0. The molecule has 19 heavy (non-hydrogen) atoms. The molecular formula is C16H24N2O. The maximum absolute atomic E-state index is 5.55. The topological polar surface area (TPSA) is 26.2 Å². The van der Waals surface area contributed by atoms with Gasteiger partial charge >= 0.3 is 0 Å². The van der Waals surface area contributed by atoms with E-state index in [1.165, 1.54) is 27.7 Å². The molecule has 0 aliphatic carbocycles. The highest BCUT2D eigenvalue weighted by Crippen LogP contribution is 2.37. The second-order valence-electron chi connectivity index (χ2n) is 5.42. The van der Waals surface area contributed by atoms with Gasteiger partial charge < -0.3 is 14.6 Å². The van der Waals surface area contributed by atoms with Gasteiger partial charge in [-0.1, -0.05) is 19.9 Å². The second kappa shape index (κ2) is 5.25. The maximum atomic E-state index is 5.55. The minimum absolute atomic E-state index is 0.491. The van der Waals surface area contributed by atoms with Crippen molar-refractivity contribution in [1.82, 2.24) is 9.88 Å². The zero-order valence-corrected chi connectivity index (χ0v) is 12.8. The molecule has 1 N–H and O–H groups in total. The Hall–Kier alpha value is -1.48. The normalized spacial score (nSPS) is 11.5. The van der Waals surface area contributed by atoms with Crippen molar-refractivity contribution in [2.45, 2.75) is 33.2 Å². The van der Waals surface area contributed by atoms with Crippen LogP contribution in [-0.2, 0) is 13.6 Å². The van der Waals surface area contributed by atoms with E-state index in [9.17, 15) is 0 Å².